The van der Waals surface area contributed by atoms with Gasteiger partial charge < -0.3 is 25.2 Å². The Balaban J connectivity index is 2.62. The monoisotopic (exact) mass is 381 g/mol. The molecule has 0 aliphatic carbocycles. The Morgan fingerprint density at radius 2 is 1.89 bits per heavy atom. The van der Waals surface area contributed by atoms with Gasteiger partial charge in [-0.2, -0.15) is 0 Å². The van der Waals surface area contributed by atoms with E-state index in [1.807, 2.05) is 47.6 Å². The van der Waals surface area contributed by atoms with Gasteiger partial charge in [-0.05, 0) is 40.0 Å². The minimum Gasteiger partial charge on any atom is -0.444 e. The number of hydrogen-bond acceptors (Lipinski definition) is 5. The van der Waals surface area contributed by atoms with Gasteiger partial charge in [-0.1, -0.05) is 25.9 Å². The van der Waals surface area contributed by atoms with Crippen molar-refractivity contribution in [2.75, 3.05) is 13.6 Å². The number of nitrogens with one attached hydrogen (secondary N) is 3. The van der Waals surface area contributed by atoms with Crippen molar-refractivity contribution in [2.45, 2.75) is 78.5 Å². The minimum atomic E-state index is -0.531. The van der Waals surface area contributed by atoms with Gasteiger partial charge in [-0.25, -0.2) is 4.79 Å². The van der Waals surface area contributed by atoms with Crippen LogP contribution in [0.5, 0.6) is 0 Å². The quantitative estimate of drug-likeness (QED) is 0.473. The first-order chi connectivity index (χ1) is 12.7. The molecule has 0 aromatic carbocycles. The molecule has 27 heavy (non-hydrogen) atoms. The molecule has 154 valence electrons. The smallest absolute Gasteiger partial charge is 0.408 e. The second-order valence-electron chi connectivity index (χ2n) is 7.53. The number of nitrogens with zero attached hydrogens (tertiary/aromatic N) is 2. The van der Waals surface area contributed by atoms with E-state index >= 15 is 0 Å². The van der Waals surface area contributed by atoms with E-state index in [4.69, 9.17) is 9.26 Å². The molecule has 8 nitrogen and oxygen atoms in total. The summed E-state index contributed by atoms with van der Waals surface area (Å²) >= 11 is 0. The van der Waals surface area contributed by atoms with E-state index in [-0.39, 0.29) is 0 Å². The van der Waals surface area contributed by atoms with Crippen LogP contribution in [0.15, 0.2) is 15.6 Å². The van der Waals surface area contributed by atoms with Crippen LogP contribution in [0.2, 0.25) is 0 Å². The number of ether oxygens (including phenoxy) is 1. The van der Waals surface area contributed by atoms with Crippen LogP contribution in [0, 0.1) is 0 Å². The van der Waals surface area contributed by atoms with E-state index in [0.717, 1.165) is 30.7 Å². The van der Waals surface area contributed by atoms with E-state index in [0.29, 0.717) is 19.0 Å². The maximum absolute atomic E-state index is 12.2. The standard InChI is InChI=1S/C19H35N5O3/c1-8-14-11-15(27-24-14)12-21-16(20-7)22-13-19(9-2,10-3)23-17(25)26-18(4,5)6/h11H,8-10,12-13H2,1-7H3,(H,23,25)(H2,20,21,22). The highest BCUT2D eigenvalue weighted by molar-refractivity contribution is 5.79. The fourth-order valence-electron chi connectivity index (χ4n) is 2.49. The number of aliphatic imine (C=N–C) groups is 1. The third kappa shape index (κ3) is 7.88. The van der Waals surface area contributed by atoms with Crippen molar-refractivity contribution in [1.82, 2.24) is 21.1 Å². The molecule has 0 fully saturated rings. The Hall–Kier alpha value is -2.25. The number of hydrogen-bond donors (Lipinski definition) is 3. The van der Waals surface area contributed by atoms with Crippen LogP contribution in [-0.4, -0.2) is 41.9 Å². The van der Waals surface area contributed by atoms with Crippen LogP contribution in [0.1, 0.15) is 65.8 Å². The summed E-state index contributed by atoms with van der Waals surface area (Å²) in [7, 11) is 1.70. The molecule has 0 atom stereocenters. The van der Waals surface area contributed by atoms with Crippen LogP contribution in [0.25, 0.3) is 0 Å². The van der Waals surface area contributed by atoms with Crippen LogP contribution in [0.3, 0.4) is 0 Å². The largest absolute Gasteiger partial charge is 0.444 e. The zero-order chi connectivity index (χ0) is 20.5. The number of carbonyl (C=O) groups excluding carboxylic acids is 1. The predicted octanol–water partition coefficient (Wildman–Crippen LogP) is 2.99. The lowest BCUT2D eigenvalue weighted by atomic mass is 9.93. The van der Waals surface area contributed by atoms with Crippen molar-refractivity contribution in [3.63, 3.8) is 0 Å². The van der Waals surface area contributed by atoms with Gasteiger partial charge in [0.25, 0.3) is 0 Å². The molecule has 3 N–H and O–H groups in total. The summed E-state index contributed by atoms with van der Waals surface area (Å²) in [6.07, 6.45) is 1.94. The molecule has 1 heterocycles. The van der Waals surface area contributed by atoms with Gasteiger partial charge in [-0.3, -0.25) is 4.99 Å². The summed E-state index contributed by atoms with van der Waals surface area (Å²) in [5, 5.41) is 13.5. The molecule has 0 radical (unpaired) electrons. The molecule has 0 saturated carbocycles. The number of aryl methyl sites for hydroxylation is 1. The number of aromatic nitrogens is 1. The molecular formula is C19H35N5O3. The summed E-state index contributed by atoms with van der Waals surface area (Å²) in [5.41, 5.74) is -0.0366. The maximum atomic E-state index is 12.2. The summed E-state index contributed by atoms with van der Waals surface area (Å²) in [4.78, 5) is 16.5. The zero-order valence-electron chi connectivity index (χ0n) is 17.7. The Morgan fingerprint density at radius 1 is 1.22 bits per heavy atom. The number of carbonyl (C=O) groups is 1. The first-order valence-corrected chi connectivity index (χ1v) is 9.57. The van der Waals surface area contributed by atoms with Gasteiger partial charge in [0.05, 0.1) is 17.8 Å². The number of rotatable bonds is 8. The van der Waals surface area contributed by atoms with Gasteiger partial charge in [0.1, 0.15) is 5.60 Å². The molecule has 1 aromatic rings. The van der Waals surface area contributed by atoms with Crippen LogP contribution >= 0.6 is 0 Å². The SMILES string of the molecule is CCc1cc(CNC(=NC)NCC(CC)(CC)NC(=O)OC(C)(C)C)on1. The molecular weight excluding hydrogens is 346 g/mol. The highest BCUT2D eigenvalue weighted by atomic mass is 16.6. The van der Waals surface area contributed by atoms with Gasteiger partial charge in [0.2, 0.25) is 0 Å². The van der Waals surface area contributed by atoms with Gasteiger partial charge in [0.15, 0.2) is 11.7 Å². The zero-order valence-corrected chi connectivity index (χ0v) is 17.7. The second kappa shape index (κ2) is 10.2. The molecule has 0 spiro atoms. The van der Waals surface area contributed by atoms with E-state index in [2.05, 4.69) is 26.1 Å². The molecule has 8 heteroatoms. The first-order valence-electron chi connectivity index (χ1n) is 9.57. The van der Waals surface area contributed by atoms with Crippen molar-refractivity contribution in [3.05, 3.63) is 17.5 Å². The number of amides is 1. The lowest BCUT2D eigenvalue weighted by molar-refractivity contribution is 0.0448. The molecule has 1 rings (SSSR count). The second-order valence-corrected chi connectivity index (χ2v) is 7.53. The van der Waals surface area contributed by atoms with Crippen molar-refractivity contribution >= 4 is 12.1 Å². The van der Waals surface area contributed by atoms with E-state index in [1.165, 1.54) is 0 Å². The van der Waals surface area contributed by atoms with Gasteiger partial charge in [-0.15, -0.1) is 0 Å². The van der Waals surface area contributed by atoms with E-state index < -0.39 is 17.2 Å². The van der Waals surface area contributed by atoms with Crippen LogP contribution in [0.4, 0.5) is 4.79 Å². The van der Waals surface area contributed by atoms with Crippen molar-refractivity contribution in [3.8, 4) is 0 Å². The fraction of sp³-hybridized carbons (Fsp3) is 0.737. The summed E-state index contributed by atoms with van der Waals surface area (Å²) in [5.74, 6) is 1.38. The van der Waals surface area contributed by atoms with Crippen LogP contribution < -0.4 is 16.0 Å². The lowest BCUT2D eigenvalue weighted by Gasteiger charge is -2.34. The Labute approximate surface area is 162 Å². The highest BCUT2D eigenvalue weighted by Crippen LogP contribution is 2.16. The van der Waals surface area contributed by atoms with Crippen LogP contribution in [-0.2, 0) is 17.7 Å². The molecule has 1 amide bonds. The number of alkyl carbamates (subject to hydrolysis) is 1. The Morgan fingerprint density at radius 3 is 2.37 bits per heavy atom. The van der Waals surface area contributed by atoms with E-state index in [1.54, 1.807) is 7.05 Å². The summed E-state index contributed by atoms with van der Waals surface area (Å²) < 4.78 is 10.7. The third-order valence-corrected chi connectivity index (χ3v) is 4.34. The van der Waals surface area contributed by atoms with Crippen molar-refractivity contribution in [2.24, 2.45) is 4.99 Å². The topological polar surface area (TPSA) is 101 Å². The normalized spacial score (nSPS) is 12.6. The Kier molecular flexibility index (Phi) is 8.59. The van der Waals surface area contributed by atoms with E-state index in [9.17, 15) is 4.79 Å². The Bertz CT molecular complexity index is 615. The van der Waals surface area contributed by atoms with Crippen molar-refractivity contribution in [1.29, 1.82) is 0 Å². The lowest BCUT2D eigenvalue weighted by Crippen LogP contribution is -2.57. The molecule has 0 bridgehead atoms. The highest BCUT2D eigenvalue weighted by Gasteiger charge is 2.30. The molecule has 0 aliphatic rings. The third-order valence-electron chi connectivity index (χ3n) is 4.34. The summed E-state index contributed by atoms with van der Waals surface area (Å²) in [6, 6.07) is 1.92. The minimum absolute atomic E-state index is 0.412. The average molecular weight is 382 g/mol. The molecule has 1 aromatic heterocycles. The molecule has 0 saturated heterocycles. The fourth-order valence-corrected chi connectivity index (χ4v) is 2.49. The van der Waals surface area contributed by atoms with Gasteiger partial charge in [0, 0.05) is 19.7 Å². The summed E-state index contributed by atoms with van der Waals surface area (Å²) in [6.45, 7) is 12.7. The maximum Gasteiger partial charge on any atom is 0.408 e. The molecule has 0 unspecified atom stereocenters. The van der Waals surface area contributed by atoms with Crippen molar-refractivity contribution < 1.29 is 14.1 Å². The average Bonchev–Trinajstić information content (AvgIpc) is 3.07. The number of guanidine groups is 1. The molecule has 0 aliphatic heterocycles. The predicted molar refractivity (Wildman–Crippen MR) is 107 cm³/mol. The van der Waals surface area contributed by atoms with Gasteiger partial charge >= 0.3 is 6.09 Å². The first kappa shape index (κ1) is 22.8.